The van der Waals surface area contributed by atoms with Gasteiger partial charge in [-0.1, -0.05) is 27.7 Å². The van der Waals surface area contributed by atoms with Crippen molar-refractivity contribution in [2.75, 3.05) is 0 Å². The summed E-state index contributed by atoms with van der Waals surface area (Å²) >= 11 is 0. The van der Waals surface area contributed by atoms with Gasteiger partial charge in [-0.15, -0.1) is 0 Å². The van der Waals surface area contributed by atoms with Gasteiger partial charge in [0.05, 0.1) is 0 Å². The molecule has 33 heavy (non-hydrogen) atoms. The van der Waals surface area contributed by atoms with Crippen molar-refractivity contribution in [2.45, 2.75) is 79.4 Å². The maximum atomic E-state index is 13.1. The molecule has 2 heterocycles. The van der Waals surface area contributed by atoms with Crippen molar-refractivity contribution in [1.29, 1.82) is 0 Å². The Morgan fingerprint density at radius 1 is 1.18 bits per heavy atom. The summed E-state index contributed by atoms with van der Waals surface area (Å²) < 4.78 is 12.7. The van der Waals surface area contributed by atoms with Crippen LogP contribution in [0.4, 0.5) is 4.79 Å². The fourth-order valence-electron chi connectivity index (χ4n) is 4.60. The number of nitrogens with zero attached hydrogens (tertiary/aromatic N) is 2. The molecule has 182 valence electrons. The monoisotopic (exact) mass is 460 g/mol. The Hall–Kier alpha value is -2.77. The third-order valence-electron chi connectivity index (χ3n) is 6.41. The fraction of sp³-hybridized carbons (Fsp3) is 0.640. The van der Waals surface area contributed by atoms with Crippen LogP contribution in [-0.2, 0) is 23.9 Å². The van der Waals surface area contributed by atoms with E-state index in [2.05, 4.69) is 4.98 Å². The van der Waals surface area contributed by atoms with E-state index in [9.17, 15) is 19.2 Å². The lowest BCUT2D eigenvalue weighted by Crippen LogP contribution is -2.47. The van der Waals surface area contributed by atoms with E-state index in [1.165, 1.54) is 18.7 Å². The fourth-order valence-corrected chi connectivity index (χ4v) is 4.60. The Morgan fingerprint density at radius 3 is 2.39 bits per heavy atom. The minimum Gasteiger partial charge on any atom is -0.457 e. The first-order valence-electron chi connectivity index (χ1n) is 11.6. The van der Waals surface area contributed by atoms with E-state index in [4.69, 9.17) is 9.47 Å². The van der Waals surface area contributed by atoms with Gasteiger partial charge >= 0.3 is 12.1 Å². The molecule has 6 atom stereocenters. The summed E-state index contributed by atoms with van der Waals surface area (Å²) in [7, 11) is 0. The first-order valence-corrected chi connectivity index (χ1v) is 11.6. The lowest BCUT2D eigenvalue weighted by atomic mass is 9.82. The molecule has 0 aliphatic carbocycles. The molecule has 0 saturated carbocycles. The van der Waals surface area contributed by atoms with Crippen LogP contribution in [0, 0.1) is 23.7 Å². The highest BCUT2D eigenvalue weighted by Gasteiger charge is 2.41. The third-order valence-corrected chi connectivity index (χ3v) is 6.41. The van der Waals surface area contributed by atoms with Crippen LogP contribution in [0.5, 0.6) is 0 Å². The molecular formula is C25H36N2O6. The number of rotatable bonds is 2. The molecule has 0 unspecified atom stereocenters. The van der Waals surface area contributed by atoms with Gasteiger partial charge in [0, 0.05) is 24.2 Å². The van der Waals surface area contributed by atoms with Crippen LogP contribution < -0.4 is 0 Å². The van der Waals surface area contributed by atoms with Gasteiger partial charge in [-0.2, -0.15) is 0 Å². The maximum absolute atomic E-state index is 13.1. The second kappa shape index (κ2) is 10.9. The van der Waals surface area contributed by atoms with Crippen molar-refractivity contribution in [2.24, 2.45) is 23.7 Å². The van der Waals surface area contributed by atoms with Gasteiger partial charge in [0.1, 0.15) is 24.1 Å². The van der Waals surface area contributed by atoms with E-state index in [0.29, 0.717) is 24.8 Å². The van der Waals surface area contributed by atoms with Gasteiger partial charge in [-0.3, -0.25) is 14.4 Å². The van der Waals surface area contributed by atoms with Gasteiger partial charge in [0.2, 0.25) is 0 Å². The van der Waals surface area contributed by atoms with E-state index in [0.717, 1.165) is 4.57 Å². The molecule has 0 saturated heterocycles. The highest BCUT2D eigenvalue weighted by Crippen LogP contribution is 2.30. The van der Waals surface area contributed by atoms with E-state index in [-0.39, 0.29) is 29.3 Å². The SMILES string of the molecule is CC[C@H]1OC(=O)[C@H](C)C(=O)[C@H](C)C[C@@H](C)C[C@@H](C)C(=O)/C(C)=C\[C@]1(C)OC(=O)n1ccnc1. The zero-order valence-corrected chi connectivity index (χ0v) is 20.7. The summed E-state index contributed by atoms with van der Waals surface area (Å²) in [5.41, 5.74) is -1.01. The molecule has 1 aromatic rings. The van der Waals surface area contributed by atoms with E-state index >= 15 is 0 Å². The molecule has 1 aromatic heterocycles. The minimum absolute atomic E-state index is 0.0719. The minimum atomic E-state index is -1.44. The molecular weight excluding hydrogens is 424 g/mol. The predicted octanol–water partition coefficient (Wildman–Crippen LogP) is 4.37. The van der Waals surface area contributed by atoms with Gasteiger partial charge in [0.25, 0.3) is 0 Å². The summed E-state index contributed by atoms with van der Waals surface area (Å²) in [6.45, 7) is 12.3. The van der Waals surface area contributed by atoms with Gasteiger partial charge < -0.3 is 9.47 Å². The molecule has 0 radical (unpaired) electrons. The number of aromatic nitrogens is 2. The molecule has 1 aliphatic heterocycles. The van der Waals surface area contributed by atoms with Gasteiger partial charge in [0.15, 0.2) is 11.4 Å². The Bertz CT molecular complexity index is 906. The molecule has 0 aromatic carbocycles. The van der Waals surface area contributed by atoms with Crippen LogP contribution >= 0.6 is 0 Å². The molecule has 0 bridgehead atoms. The second-order valence-electron chi connectivity index (χ2n) is 9.55. The number of hydrogen-bond acceptors (Lipinski definition) is 7. The van der Waals surface area contributed by atoms with Crippen LogP contribution in [0.2, 0.25) is 0 Å². The van der Waals surface area contributed by atoms with Crippen LogP contribution in [0.25, 0.3) is 0 Å². The number of imidazole rings is 1. The average Bonchev–Trinajstić information content (AvgIpc) is 3.29. The number of ether oxygens (including phenoxy) is 2. The summed E-state index contributed by atoms with van der Waals surface area (Å²) in [5, 5.41) is 0. The molecule has 8 heteroatoms. The van der Waals surface area contributed by atoms with Gasteiger partial charge in [-0.25, -0.2) is 14.3 Å². The highest BCUT2D eigenvalue weighted by atomic mass is 16.6. The zero-order valence-electron chi connectivity index (χ0n) is 20.7. The molecule has 0 fully saturated rings. The number of ketones is 2. The number of cyclic esters (lactones) is 1. The largest absolute Gasteiger partial charge is 0.457 e. The Kier molecular flexibility index (Phi) is 8.75. The number of carbonyl (C=O) groups is 4. The normalized spacial score (nSPS) is 34.1. The van der Waals surface area contributed by atoms with Crippen molar-refractivity contribution in [3.63, 3.8) is 0 Å². The average molecular weight is 461 g/mol. The topological polar surface area (TPSA) is 105 Å². The summed E-state index contributed by atoms with van der Waals surface area (Å²) in [6, 6.07) is 0. The molecule has 0 amide bonds. The predicted molar refractivity (Wildman–Crippen MR) is 122 cm³/mol. The zero-order chi connectivity index (χ0) is 24.9. The lowest BCUT2D eigenvalue weighted by molar-refractivity contribution is -0.166. The number of esters is 1. The Morgan fingerprint density at radius 2 is 1.82 bits per heavy atom. The van der Waals surface area contributed by atoms with Crippen LogP contribution in [-0.4, -0.2) is 44.9 Å². The van der Waals surface area contributed by atoms with E-state index in [1.807, 2.05) is 13.8 Å². The van der Waals surface area contributed by atoms with Crippen molar-refractivity contribution in [3.05, 3.63) is 30.4 Å². The number of Topliss-reactive ketones (excluding diaryl/α,β-unsaturated/α-hetero) is 2. The van der Waals surface area contributed by atoms with Crippen molar-refractivity contribution >= 4 is 23.6 Å². The number of allylic oxidation sites excluding steroid dienone is 1. The highest BCUT2D eigenvalue weighted by molar-refractivity contribution is 6.00. The summed E-state index contributed by atoms with van der Waals surface area (Å²) in [4.78, 5) is 55.5. The number of carbonyl (C=O) groups excluding carboxylic acids is 4. The lowest BCUT2D eigenvalue weighted by Gasteiger charge is -2.35. The molecule has 0 spiro atoms. The molecule has 0 N–H and O–H groups in total. The van der Waals surface area contributed by atoms with E-state index < -0.39 is 29.7 Å². The second-order valence-corrected chi connectivity index (χ2v) is 9.55. The van der Waals surface area contributed by atoms with E-state index in [1.54, 1.807) is 40.7 Å². The van der Waals surface area contributed by atoms with Crippen LogP contribution in [0.15, 0.2) is 30.4 Å². The first-order chi connectivity index (χ1) is 15.4. The smallest absolute Gasteiger partial charge is 0.420 e. The van der Waals surface area contributed by atoms with Crippen molar-refractivity contribution < 1.29 is 28.7 Å². The molecule has 1 aliphatic rings. The molecule has 8 nitrogen and oxygen atoms in total. The van der Waals surface area contributed by atoms with Crippen molar-refractivity contribution in [1.82, 2.24) is 9.55 Å². The van der Waals surface area contributed by atoms with Crippen LogP contribution in [0.1, 0.15) is 67.7 Å². The number of hydrogen-bond donors (Lipinski definition) is 0. The Balaban J connectivity index is 2.52. The maximum Gasteiger partial charge on any atom is 0.420 e. The van der Waals surface area contributed by atoms with Crippen LogP contribution in [0.3, 0.4) is 0 Å². The van der Waals surface area contributed by atoms with Crippen molar-refractivity contribution in [3.8, 4) is 0 Å². The van der Waals surface area contributed by atoms with Gasteiger partial charge in [-0.05, 0) is 57.6 Å². The summed E-state index contributed by atoms with van der Waals surface area (Å²) in [6.07, 6.45) is 5.64. The summed E-state index contributed by atoms with van der Waals surface area (Å²) in [5.74, 6) is -2.36. The first kappa shape index (κ1) is 26.5. The third kappa shape index (κ3) is 6.39. The quantitative estimate of drug-likeness (QED) is 0.477. The standard InChI is InChI=1S/C25H36N2O6/c1-8-20-25(7,33-24(31)27-10-9-26-14-27)13-18(5)21(28)16(3)11-15(2)12-17(4)22(29)19(6)23(30)32-20/h9-10,13-17,19-20H,8,11-12H2,1-7H3/b18-13-/t15-,16+,17+,19+,20+,25-/m0/s1. The Labute approximate surface area is 195 Å². The molecule has 2 rings (SSSR count).